The zero-order chi connectivity index (χ0) is 16.9. The lowest BCUT2D eigenvalue weighted by Gasteiger charge is -2.07. The molecule has 3 rings (SSSR count). The second kappa shape index (κ2) is 6.87. The lowest BCUT2D eigenvalue weighted by molar-refractivity contribution is -0.114. The van der Waals surface area contributed by atoms with Crippen LogP contribution in [0.4, 0.5) is 5.69 Å². The van der Waals surface area contributed by atoms with Crippen LogP contribution in [-0.4, -0.2) is 21.8 Å². The molecule has 1 aromatic heterocycles. The molecule has 0 atom stereocenters. The Balaban J connectivity index is 1.64. The van der Waals surface area contributed by atoms with Crippen molar-refractivity contribution in [3.63, 3.8) is 0 Å². The number of hydrogen-bond donors (Lipinski definition) is 2. The van der Waals surface area contributed by atoms with Gasteiger partial charge in [0.15, 0.2) is 0 Å². The summed E-state index contributed by atoms with van der Waals surface area (Å²) in [7, 11) is 0. The molecule has 2 aromatic carbocycles. The fraction of sp³-hybridized carbons (Fsp3) is 0.111. The van der Waals surface area contributed by atoms with Gasteiger partial charge in [0.2, 0.25) is 5.91 Å². The van der Waals surface area contributed by atoms with E-state index in [1.807, 2.05) is 36.4 Å². The standard InChI is InChI=1S/C18H16N4O2/c1-12(23)21-14-8-6-13(7-9-14)10-20-18(24)17-11-19-15-4-2-3-5-16(15)22-17/h2-9,11H,10H2,1H3,(H,20,24)(H,21,23). The van der Waals surface area contributed by atoms with Gasteiger partial charge in [-0.3, -0.25) is 14.6 Å². The number of nitrogens with one attached hydrogen (secondary N) is 2. The van der Waals surface area contributed by atoms with Crippen LogP contribution >= 0.6 is 0 Å². The number of carbonyl (C=O) groups excluding carboxylic acids is 2. The van der Waals surface area contributed by atoms with Crippen LogP contribution < -0.4 is 10.6 Å². The van der Waals surface area contributed by atoms with Crippen molar-refractivity contribution >= 4 is 28.5 Å². The molecule has 0 unspecified atom stereocenters. The van der Waals surface area contributed by atoms with E-state index < -0.39 is 0 Å². The topological polar surface area (TPSA) is 84.0 Å². The summed E-state index contributed by atoms with van der Waals surface area (Å²) in [6.07, 6.45) is 1.47. The van der Waals surface area contributed by atoms with Crippen LogP contribution in [0.1, 0.15) is 23.0 Å². The Labute approximate surface area is 138 Å². The molecule has 24 heavy (non-hydrogen) atoms. The van der Waals surface area contributed by atoms with Crippen LogP contribution in [-0.2, 0) is 11.3 Å². The van der Waals surface area contributed by atoms with Gasteiger partial charge in [0.1, 0.15) is 5.69 Å². The number of para-hydroxylation sites is 2. The highest BCUT2D eigenvalue weighted by molar-refractivity contribution is 5.93. The van der Waals surface area contributed by atoms with Gasteiger partial charge in [0.25, 0.3) is 5.91 Å². The van der Waals surface area contributed by atoms with Crippen molar-refractivity contribution in [2.75, 3.05) is 5.32 Å². The number of benzene rings is 2. The summed E-state index contributed by atoms with van der Waals surface area (Å²) in [4.78, 5) is 31.7. The van der Waals surface area contributed by atoms with Gasteiger partial charge in [-0.1, -0.05) is 24.3 Å². The van der Waals surface area contributed by atoms with Crippen molar-refractivity contribution in [1.82, 2.24) is 15.3 Å². The molecule has 6 nitrogen and oxygen atoms in total. The first-order chi connectivity index (χ1) is 11.6. The summed E-state index contributed by atoms with van der Waals surface area (Å²) >= 11 is 0. The second-order valence-corrected chi connectivity index (χ2v) is 5.30. The monoisotopic (exact) mass is 320 g/mol. The van der Waals surface area contributed by atoms with Crippen LogP contribution in [0.25, 0.3) is 11.0 Å². The minimum atomic E-state index is -0.279. The number of hydrogen-bond acceptors (Lipinski definition) is 4. The quantitative estimate of drug-likeness (QED) is 0.773. The Morgan fingerprint density at radius 1 is 1.00 bits per heavy atom. The number of rotatable bonds is 4. The highest BCUT2D eigenvalue weighted by atomic mass is 16.2. The third kappa shape index (κ3) is 3.73. The number of aromatic nitrogens is 2. The van der Waals surface area contributed by atoms with E-state index in [9.17, 15) is 9.59 Å². The normalized spacial score (nSPS) is 10.4. The molecular formula is C18H16N4O2. The van der Waals surface area contributed by atoms with E-state index in [1.165, 1.54) is 13.1 Å². The largest absolute Gasteiger partial charge is 0.347 e. The Morgan fingerprint density at radius 3 is 2.42 bits per heavy atom. The molecule has 0 aliphatic rings. The van der Waals surface area contributed by atoms with E-state index in [0.717, 1.165) is 16.8 Å². The first kappa shape index (κ1) is 15.6. The van der Waals surface area contributed by atoms with E-state index >= 15 is 0 Å². The maximum atomic E-state index is 12.2. The van der Waals surface area contributed by atoms with Crippen LogP contribution in [0.3, 0.4) is 0 Å². The number of amides is 2. The van der Waals surface area contributed by atoms with Gasteiger partial charge in [-0.05, 0) is 29.8 Å². The molecule has 0 saturated heterocycles. The van der Waals surface area contributed by atoms with Gasteiger partial charge >= 0.3 is 0 Å². The van der Waals surface area contributed by atoms with Crippen LogP contribution in [0, 0.1) is 0 Å². The fourth-order valence-corrected chi connectivity index (χ4v) is 2.25. The predicted octanol–water partition coefficient (Wildman–Crippen LogP) is 2.52. The summed E-state index contributed by atoms with van der Waals surface area (Å²) in [6.45, 7) is 1.83. The third-order valence-corrected chi connectivity index (χ3v) is 3.41. The smallest absolute Gasteiger partial charge is 0.271 e. The number of anilines is 1. The highest BCUT2D eigenvalue weighted by Crippen LogP contribution is 2.10. The molecule has 0 fully saturated rings. The van der Waals surface area contributed by atoms with Crippen molar-refractivity contribution in [1.29, 1.82) is 0 Å². The Kier molecular flexibility index (Phi) is 4.47. The highest BCUT2D eigenvalue weighted by Gasteiger charge is 2.08. The number of nitrogens with zero attached hydrogens (tertiary/aromatic N) is 2. The van der Waals surface area contributed by atoms with E-state index in [-0.39, 0.29) is 17.5 Å². The zero-order valence-electron chi connectivity index (χ0n) is 13.1. The van der Waals surface area contributed by atoms with Gasteiger partial charge in [0.05, 0.1) is 17.2 Å². The Bertz CT molecular complexity index is 891. The predicted molar refractivity (Wildman–Crippen MR) is 91.5 cm³/mol. The molecule has 0 spiro atoms. The lowest BCUT2D eigenvalue weighted by atomic mass is 10.2. The van der Waals surface area contributed by atoms with Gasteiger partial charge in [-0.2, -0.15) is 0 Å². The molecule has 0 bridgehead atoms. The first-order valence-electron chi connectivity index (χ1n) is 7.48. The van der Waals surface area contributed by atoms with Crippen molar-refractivity contribution in [3.05, 3.63) is 66.0 Å². The second-order valence-electron chi connectivity index (χ2n) is 5.30. The Morgan fingerprint density at radius 2 is 1.71 bits per heavy atom. The third-order valence-electron chi connectivity index (χ3n) is 3.41. The van der Waals surface area contributed by atoms with E-state index in [2.05, 4.69) is 20.6 Å². The van der Waals surface area contributed by atoms with Crippen molar-refractivity contribution in [3.8, 4) is 0 Å². The summed E-state index contributed by atoms with van der Waals surface area (Å²) in [6, 6.07) is 14.7. The van der Waals surface area contributed by atoms with Crippen molar-refractivity contribution in [2.24, 2.45) is 0 Å². The summed E-state index contributed by atoms with van der Waals surface area (Å²) < 4.78 is 0. The molecule has 0 radical (unpaired) electrons. The van der Waals surface area contributed by atoms with Crippen LogP contribution in [0.5, 0.6) is 0 Å². The number of carbonyl (C=O) groups is 2. The Hall–Kier alpha value is -3.28. The molecule has 0 saturated carbocycles. The lowest BCUT2D eigenvalue weighted by Crippen LogP contribution is -2.24. The van der Waals surface area contributed by atoms with E-state index in [4.69, 9.17) is 0 Å². The molecular weight excluding hydrogens is 304 g/mol. The first-order valence-corrected chi connectivity index (χ1v) is 7.48. The summed E-state index contributed by atoms with van der Waals surface area (Å²) in [5.41, 5.74) is 3.36. The van der Waals surface area contributed by atoms with Crippen LogP contribution in [0.15, 0.2) is 54.7 Å². The van der Waals surface area contributed by atoms with E-state index in [0.29, 0.717) is 12.1 Å². The van der Waals surface area contributed by atoms with Crippen molar-refractivity contribution in [2.45, 2.75) is 13.5 Å². The average molecular weight is 320 g/mol. The molecule has 6 heteroatoms. The van der Waals surface area contributed by atoms with Gasteiger partial charge < -0.3 is 10.6 Å². The van der Waals surface area contributed by atoms with Gasteiger partial charge in [-0.25, -0.2) is 4.98 Å². The molecule has 1 heterocycles. The van der Waals surface area contributed by atoms with Crippen LogP contribution in [0.2, 0.25) is 0 Å². The van der Waals surface area contributed by atoms with Gasteiger partial charge in [-0.15, -0.1) is 0 Å². The maximum absolute atomic E-state index is 12.2. The molecule has 2 N–H and O–H groups in total. The molecule has 0 aliphatic heterocycles. The SMILES string of the molecule is CC(=O)Nc1ccc(CNC(=O)c2cnc3ccccc3n2)cc1. The minimum Gasteiger partial charge on any atom is -0.347 e. The van der Waals surface area contributed by atoms with E-state index in [1.54, 1.807) is 12.1 Å². The minimum absolute atomic E-state index is 0.120. The number of fused-ring (bicyclic) bond motifs is 1. The fourth-order valence-electron chi connectivity index (χ4n) is 2.25. The van der Waals surface area contributed by atoms with Crippen molar-refractivity contribution < 1.29 is 9.59 Å². The summed E-state index contributed by atoms with van der Waals surface area (Å²) in [5.74, 6) is -0.398. The molecule has 0 aliphatic carbocycles. The summed E-state index contributed by atoms with van der Waals surface area (Å²) in [5, 5.41) is 5.51. The molecule has 120 valence electrons. The molecule has 3 aromatic rings. The maximum Gasteiger partial charge on any atom is 0.271 e. The zero-order valence-corrected chi connectivity index (χ0v) is 13.1. The molecule has 2 amide bonds. The van der Waals surface area contributed by atoms with Gasteiger partial charge in [0, 0.05) is 19.2 Å². The average Bonchev–Trinajstić information content (AvgIpc) is 2.60.